The number of halogens is 4. The number of aromatic nitrogens is 4. The van der Waals surface area contributed by atoms with Gasteiger partial charge in [-0.15, -0.1) is 0 Å². The van der Waals surface area contributed by atoms with Crippen molar-refractivity contribution in [2.24, 2.45) is 5.73 Å². The fourth-order valence-electron chi connectivity index (χ4n) is 5.40. The first kappa shape index (κ1) is 43.5. The third-order valence-corrected chi connectivity index (χ3v) is 8.51. The van der Waals surface area contributed by atoms with E-state index in [2.05, 4.69) is 30.6 Å². The van der Waals surface area contributed by atoms with Gasteiger partial charge in [-0.1, -0.05) is 23.2 Å². The van der Waals surface area contributed by atoms with Gasteiger partial charge in [0.25, 0.3) is 17.0 Å². The Bertz CT molecular complexity index is 2410. The van der Waals surface area contributed by atoms with Crippen LogP contribution in [0.4, 0.5) is 43.2 Å². The minimum atomic E-state index is -1.41. The first-order chi connectivity index (χ1) is 26.5. The Morgan fingerprint density at radius 2 is 1.07 bits per heavy atom. The molecule has 4 aromatic heterocycles. The Kier molecular flexibility index (Phi) is 14.2. The van der Waals surface area contributed by atoms with Crippen molar-refractivity contribution in [2.45, 2.75) is 0 Å². The zero-order valence-corrected chi connectivity index (χ0v) is 32.5. The molecule has 0 aliphatic carbocycles. The molecule has 19 heteroatoms. The summed E-state index contributed by atoms with van der Waals surface area (Å²) in [5, 5.41) is 17.9. The molecule has 288 valence electrons. The van der Waals surface area contributed by atoms with Crippen molar-refractivity contribution in [1.29, 1.82) is 0 Å². The van der Waals surface area contributed by atoms with Crippen LogP contribution in [0.2, 0.25) is 10.0 Å². The molecule has 0 fully saturated rings. The van der Waals surface area contributed by atoms with Crippen molar-refractivity contribution < 1.29 is 42.3 Å². The number of nitrogens with zero attached hydrogens (tertiary/aromatic N) is 4. The van der Waals surface area contributed by atoms with Gasteiger partial charge in [-0.25, -0.2) is 8.78 Å². The Labute approximate surface area is 345 Å². The van der Waals surface area contributed by atoms with E-state index in [-0.39, 0.29) is 63.0 Å². The number of carbonyl (C=O) groups excluding carboxylic acids is 2. The van der Waals surface area contributed by atoms with E-state index >= 15 is 0 Å². The van der Waals surface area contributed by atoms with Crippen LogP contribution in [0.5, 0.6) is 0 Å². The van der Waals surface area contributed by atoms with Crippen molar-refractivity contribution in [3.63, 3.8) is 0 Å². The second kappa shape index (κ2) is 18.6. The smallest absolute Gasteiger partial charge is 0.545 e. The van der Waals surface area contributed by atoms with Crippen LogP contribution in [0, 0.1) is 11.6 Å². The number of primary amides is 1. The third kappa shape index (κ3) is 10.2. The summed E-state index contributed by atoms with van der Waals surface area (Å²) in [6.45, 7) is 0. The Hall–Kier alpha value is -6.18. The van der Waals surface area contributed by atoms with Crippen molar-refractivity contribution in [1.82, 2.24) is 19.9 Å². The fourth-order valence-corrected chi connectivity index (χ4v) is 5.75. The van der Waals surface area contributed by atoms with Gasteiger partial charge in [-0.2, -0.15) is 0 Å². The minimum absolute atomic E-state index is 0. The Morgan fingerprint density at radius 3 is 1.46 bits per heavy atom. The molecule has 0 saturated carbocycles. The number of nitrogens with two attached hydrogens (primary N) is 1. The van der Waals surface area contributed by atoms with Crippen LogP contribution in [0.25, 0.3) is 22.3 Å². The predicted molar refractivity (Wildman–Crippen MR) is 211 cm³/mol. The monoisotopic (exact) mass is 809 g/mol. The second-order valence-corrected chi connectivity index (χ2v) is 13.2. The number of carboxylic acids is 1. The average Bonchev–Trinajstić information content (AvgIpc) is 3.15. The second-order valence-electron chi connectivity index (χ2n) is 12.3. The normalized spacial score (nSPS) is 10.4. The summed E-state index contributed by atoms with van der Waals surface area (Å²) < 4.78 is 28.6. The zero-order valence-electron chi connectivity index (χ0n) is 31.0. The summed E-state index contributed by atoms with van der Waals surface area (Å²) in [4.78, 5) is 64.5. The molecule has 4 heterocycles. The zero-order chi connectivity index (χ0) is 40.8. The molecular formula is C38H32Cl2F2LiN9O5. The fraction of sp³-hybridized carbons (Fsp3) is 0.105. The van der Waals surface area contributed by atoms with Crippen molar-refractivity contribution in [3.8, 4) is 22.3 Å². The number of carbonyl (C=O) groups is 2. The van der Waals surface area contributed by atoms with E-state index in [0.717, 1.165) is 6.20 Å². The van der Waals surface area contributed by atoms with Crippen LogP contribution in [0.15, 0.2) is 95.0 Å². The number of aromatic amines is 2. The summed E-state index contributed by atoms with van der Waals surface area (Å²) in [5.41, 5.74) is 6.02. The molecule has 6 N–H and O–H groups in total. The number of hydrogen-bond donors (Lipinski definition) is 5. The number of pyridine rings is 4. The topological polar surface area (TPSA) is 205 Å². The summed E-state index contributed by atoms with van der Waals surface area (Å²) in [6, 6.07) is 13.8. The van der Waals surface area contributed by atoms with Gasteiger partial charge in [0.1, 0.15) is 23.3 Å². The largest absolute Gasteiger partial charge is 1.00 e. The van der Waals surface area contributed by atoms with Gasteiger partial charge in [0, 0.05) is 79.7 Å². The number of H-pyrrole nitrogens is 2. The molecule has 0 unspecified atom stereocenters. The van der Waals surface area contributed by atoms with Crippen LogP contribution in [0.1, 0.15) is 20.7 Å². The average molecular weight is 811 g/mol. The van der Waals surface area contributed by atoms with Crippen LogP contribution in [0.3, 0.4) is 0 Å². The number of benzene rings is 2. The molecule has 14 nitrogen and oxygen atoms in total. The van der Waals surface area contributed by atoms with Gasteiger partial charge in [0.2, 0.25) is 0 Å². The van der Waals surface area contributed by atoms with Crippen LogP contribution in [-0.2, 0) is 0 Å². The summed E-state index contributed by atoms with van der Waals surface area (Å²) in [7, 11) is 6.86. The van der Waals surface area contributed by atoms with E-state index in [1.54, 1.807) is 44.1 Å². The molecule has 0 spiro atoms. The van der Waals surface area contributed by atoms with Crippen molar-refractivity contribution >= 4 is 69.5 Å². The van der Waals surface area contributed by atoms with Crippen molar-refractivity contribution in [3.05, 3.63) is 139 Å². The maximum Gasteiger partial charge on any atom is 1.00 e. The van der Waals surface area contributed by atoms with Crippen LogP contribution in [-0.4, -0.2) is 60.0 Å². The van der Waals surface area contributed by atoms with E-state index in [1.165, 1.54) is 73.2 Å². The van der Waals surface area contributed by atoms with E-state index in [9.17, 15) is 33.1 Å². The number of anilines is 6. The maximum absolute atomic E-state index is 14.3. The first-order valence-electron chi connectivity index (χ1n) is 16.3. The third-order valence-electron chi connectivity index (χ3n) is 8.04. The van der Waals surface area contributed by atoms with Gasteiger partial charge in [0.15, 0.2) is 0 Å². The summed E-state index contributed by atoms with van der Waals surface area (Å²) >= 11 is 11.9. The van der Waals surface area contributed by atoms with E-state index in [0.29, 0.717) is 33.7 Å². The number of carboxylic acid groups (broad SMARTS) is 1. The standard InChI is InChI=1S/C19H17ClFN5O2.C19H16ClFN4O3.Li/c1-26(2)18-16(24-15-5-6-23-9-13(15)17(22)27)8-12(19(28)25-18)11-7-10(20)3-4-14(11)21;1-25(2)17-16(23-15-5-6-22-9-13(15)19(27)28)8-12(18(26)24-17)11-7-10(20)3-4-14(11)21;/h3-9H,1-2H3,(H2,22,27)(H,23,24)(H,25,28);3-9H,1-2H3,(H,22,23)(H,24,26)(H,27,28);/q;;+1/p-1. The molecule has 6 rings (SSSR count). The van der Waals surface area contributed by atoms with E-state index in [1.807, 2.05) is 0 Å². The first-order valence-corrected chi connectivity index (χ1v) is 17.0. The number of hydrogen-bond acceptors (Lipinski definition) is 11. The van der Waals surface area contributed by atoms with Gasteiger partial charge in [-0.3, -0.25) is 24.4 Å². The maximum atomic E-state index is 14.3. The molecule has 1 amide bonds. The molecule has 0 bridgehead atoms. The quantitative estimate of drug-likeness (QED) is 0.127. The molecular weight excluding hydrogens is 778 g/mol. The molecule has 0 aliphatic heterocycles. The van der Waals surface area contributed by atoms with E-state index < -0.39 is 34.6 Å². The molecule has 57 heavy (non-hydrogen) atoms. The molecule has 2 aromatic carbocycles. The summed E-state index contributed by atoms with van der Waals surface area (Å²) in [5.74, 6) is -2.46. The molecule has 0 atom stereocenters. The van der Waals surface area contributed by atoms with Crippen LogP contribution < -0.4 is 61.3 Å². The molecule has 0 aliphatic rings. The minimum Gasteiger partial charge on any atom is -0.545 e. The van der Waals surface area contributed by atoms with Gasteiger partial charge < -0.3 is 46.0 Å². The number of nitrogens with one attached hydrogen (secondary N) is 4. The Morgan fingerprint density at radius 1 is 0.667 bits per heavy atom. The predicted octanol–water partition coefficient (Wildman–Crippen LogP) is 2.54. The van der Waals surface area contributed by atoms with Gasteiger partial charge in [0.05, 0.1) is 45.4 Å². The SMILES string of the molecule is CN(C)c1[nH]c(=O)c(-c2cc(Cl)ccc2F)cc1Nc1ccncc1C(=O)[O-].CN(C)c1[nH]c(=O)c(-c2cc(Cl)ccc2F)cc1Nc1ccncc1C(N)=O.[Li+]. The molecule has 0 radical (unpaired) electrons. The van der Waals surface area contributed by atoms with E-state index in [4.69, 9.17) is 28.9 Å². The van der Waals surface area contributed by atoms with Crippen molar-refractivity contribution in [2.75, 3.05) is 48.6 Å². The Balaban J connectivity index is 0.000000248. The van der Waals surface area contributed by atoms with Gasteiger partial charge in [-0.05, 0) is 60.7 Å². The van der Waals surface area contributed by atoms with Crippen LogP contribution >= 0.6 is 23.2 Å². The molecule has 6 aromatic rings. The van der Waals surface area contributed by atoms with Gasteiger partial charge >= 0.3 is 18.9 Å². The molecule has 0 saturated heterocycles. The number of aromatic carboxylic acids is 1. The summed E-state index contributed by atoms with van der Waals surface area (Å²) in [6.07, 6.45) is 5.39. The number of amides is 1. The number of rotatable bonds is 10.